The maximum absolute atomic E-state index is 4.08. The molecule has 0 heterocycles. The highest BCUT2D eigenvalue weighted by Crippen LogP contribution is 2.60. The molecule has 0 N–H and O–H groups in total. The molecule has 0 aliphatic heterocycles. The average Bonchev–Trinajstić information content (AvgIpc) is 2.93. The Bertz CT molecular complexity index is 726. The van der Waals surface area contributed by atoms with Gasteiger partial charge in [0, 0.05) is 5.41 Å². The normalized spacial score (nSPS) is 21.2. The number of rotatable bonds is 6. The third-order valence-corrected chi connectivity index (χ3v) is 6.33. The monoisotopic (exact) mass is 332 g/mol. The van der Waals surface area contributed by atoms with Crippen molar-refractivity contribution in [3.8, 4) is 0 Å². The van der Waals surface area contributed by atoms with Gasteiger partial charge in [0.2, 0.25) is 0 Å². The minimum absolute atomic E-state index is 0.0553. The van der Waals surface area contributed by atoms with Crippen molar-refractivity contribution >= 4 is 6.08 Å². The minimum atomic E-state index is 0.0553. The molecular formula is C25H32. The summed E-state index contributed by atoms with van der Waals surface area (Å²) in [5.41, 5.74) is 9.60. The van der Waals surface area contributed by atoms with Crippen molar-refractivity contribution in [2.45, 2.75) is 65.2 Å². The molecule has 2 aliphatic rings. The zero-order chi connectivity index (χ0) is 18.0. The number of hydrogen-bond donors (Lipinski definition) is 0. The van der Waals surface area contributed by atoms with Gasteiger partial charge in [-0.05, 0) is 60.3 Å². The Morgan fingerprint density at radius 2 is 1.52 bits per heavy atom. The van der Waals surface area contributed by atoms with Crippen molar-refractivity contribution in [3.63, 3.8) is 0 Å². The summed E-state index contributed by atoms with van der Waals surface area (Å²) in [5.74, 6) is 0.482. The van der Waals surface area contributed by atoms with E-state index in [0.717, 1.165) is 32.1 Å². The molecule has 25 heavy (non-hydrogen) atoms. The van der Waals surface area contributed by atoms with Crippen molar-refractivity contribution in [2.75, 3.05) is 0 Å². The first-order valence-corrected chi connectivity index (χ1v) is 10.0. The van der Waals surface area contributed by atoms with Gasteiger partial charge >= 0.3 is 0 Å². The quantitative estimate of drug-likeness (QED) is 0.476. The van der Waals surface area contributed by atoms with Gasteiger partial charge in [0.05, 0.1) is 0 Å². The lowest BCUT2D eigenvalue weighted by Crippen LogP contribution is -2.39. The smallest absolute Gasteiger partial charge is 0.0453 e. The van der Waals surface area contributed by atoms with Crippen molar-refractivity contribution in [1.82, 2.24) is 0 Å². The summed E-state index contributed by atoms with van der Waals surface area (Å²) in [7, 11) is 0. The second kappa shape index (κ2) is 7.20. The van der Waals surface area contributed by atoms with Gasteiger partial charge in [0.25, 0.3) is 0 Å². The largest absolute Gasteiger partial charge is 0.103 e. The van der Waals surface area contributed by atoms with Crippen LogP contribution >= 0.6 is 0 Å². The van der Waals surface area contributed by atoms with Crippen LogP contribution in [-0.2, 0) is 5.41 Å². The van der Waals surface area contributed by atoms with Crippen LogP contribution < -0.4 is 0 Å². The summed E-state index contributed by atoms with van der Waals surface area (Å²) in [4.78, 5) is 0. The molecule has 0 bridgehead atoms. The Morgan fingerprint density at radius 3 is 2.04 bits per heavy atom. The van der Waals surface area contributed by atoms with E-state index in [1.54, 1.807) is 22.3 Å². The first-order valence-electron chi connectivity index (χ1n) is 10.0. The fraction of sp³-hybridized carbons (Fsp3) is 0.440. The molecule has 0 fully saturated rings. The van der Waals surface area contributed by atoms with Gasteiger partial charge in [-0.25, -0.2) is 0 Å². The van der Waals surface area contributed by atoms with E-state index in [1.165, 1.54) is 11.1 Å². The van der Waals surface area contributed by atoms with Crippen molar-refractivity contribution in [1.29, 1.82) is 0 Å². The maximum atomic E-state index is 4.08. The third-order valence-electron chi connectivity index (χ3n) is 6.33. The van der Waals surface area contributed by atoms with Crippen LogP contribution in [-0.4, -0.2) is 0 Å². The summed E-state index contributed by atoms with van der Waals surface area (Å²) in [6, 6.07) is 9.06. The van der Waals surface area contributed by atoms with E-state index in [-0.39, 0.29) is 5.41 Å². The van der Waals surface area contributed by atoms with Crippen molar-refractivity contribution in [3.05, 3.63) is 76.4 Å². The second-order valence-electron chi connectivity index (χ2n) is 7.21. The number of fused-ring (bicyclic) bond motifs is 2. The lowest BCUT2D eigenvalue weighted by Gasteiger charge is -2.45. The molecule has 0 amide bonds. The lowest BCUT2D eigenvalue weighted by molar-refractivity contribution is 0.416. The summed E-state index contributed by atoms with van der Waals surface area (Å²) in [6.45, 7) is 13.4. The van der Waals surface area contributed by atoms with Crippen LogP contribution in [0.15, 0.2) is 65.3 Å². The molecule has 0 saturated heterocycles. The SMILES string of the molecule is C=CCC1C=Cc2ccccc2C12C(CC)=C(CC)C(CC)=C2CC. The van der Waals surface area contributed by atoms with Crippen molar-refractivity contribution < 1.29 is 0 Å². The van der Waals surface area contributed by atoms with E-state index in [2.05, 4.69) is 76.8 Å². The zero-order valence-electron chi connectivity index (χ0n) is 16.4. The molecule has 0 nitrogen and oxygen atoms in total. The summed E-state index contributed by atoms with van der Waals surface area (Å²) >= 11 is 0. The Labute approximate surface area is 154 Å². The van der Waals surface area contributed by atoms with Gasteiger partial charge in [-0.2, -0.15) is 0 Å². The van der Waals surface area contributed by atoms with E-state index < -0.39 is 0 Å². The van der Waals surface area contributed by atoms with E-state index in [9.17, 15) is 0 Å². The van der Waals surface area contributed by atoms with Gasteiger partial charge in [0.1, 0.15) is 0 Å². The van der Waals surface area contributed by atoms with Crippen LogP contribution in [0.5, 0.6) is 0 Å². The highest BCUT2D eigenvalue weighted by atomic mass is 14.5. The highest BCUT2D eigenvalue weighted by Gasteiger charge is 2.51. The van der Waals surface area contributed by atoms with Crippen LogP contribution in [0.4, 0.5) is 0 Å². The molecule has 0 saturated carbocycles. The van der Waals surface area contributed by atoms with Crippen LogP contribution in [0.25, 0.3) is 6.08 Å². The first-order chi connectivity index (χ1) is 12.2. The van der Waals surface area contributed by atoms with E-state index in [0.29, 0.717) is 5.92 Å². The Kier molecular flexibility index (Phi) is 5.18. The van der Waals surface area contributed by atoms with Gasteiger partial charge in [0.15, 0.2) is 0 Å². The second-order valence-corrected chi connectivity index (χ2v) is 7.21. The van der Waals surface area contributed by atoms with Gasteiger partial charge in [-0.3, -0.25) is 0 Å². The molecule has 1 spiro atoms. The predicted octanol–water partition coefficient (Wildman–Crippen LogP) is 7.39. The Balaban J connectivity index is 2.42. The predicted molar refractivity (Wildman–Crippen MR) is 111 cm³/mol. The van der Waals surface area contributed by atoms with E-state index in [4.69, 9.17) is 0 Å². The summed E-state index contributed by atoms with van der Waals surface area (Å²) < 4.78 is 0. The number of benzene rings is 1. The third kappa shape index (κ3) is 2.41. The van der Waals surface area contributed by atoms with Gasteiger partial charge < -0.3 is 0 Å². The summed E-state index contributed by atoms with van der Waals surface area (Å²) in [5, 5.41) is 0. The van der Waals surface area contributed by atoms with E-state index in [1.807, 2.05) is 0 Å². The van der Waals surface area contributed by atoms with Gasteiger partial charge in [-0.15, -0.1) is 6.58 Å². The van der Waals surface area contributed by atoms with Crippen molar-refractivity contribution in [2.24, 2.45) is 5.92 Å². The minimum Gasteiger partial charge on any atom is -0.103 e. The highest BCUT2D eigenvalue weighted by molar-refractivity contribution is 5.71. The number of hydrogen-bond acceptors (Lipinski definition) is 0. The molecule has 1 unspecified atom stereocenters. The topological polar surface area (TPSA) is 0 Å². The molecule has 0 radical (unpaired) electrons. The van der Waals surface area contributed by atoms with E-state index >= 15 is 0 Å². The molecular weight excluding hydrogens is 300 g/mol. The molecule has 2 aliphatic carbocycles. The average molecular weight is 333 g/mol. The van der Waals surface area contributed by atoms with Crippen LogP contribution in [0.2, 0.25) is 0 Å². The molecule has 0 aromatic heterocycles. The Hall–Kier alpha value is -1.82. The Morgan fingerprint density at radius 1 is 0.920 bits per heavy atom. The maximum Gasteiger partial charge on any atom is 0.0453 e. The number of allylic oxidation sites excluding steroid dienone is 6. The zero-order valence-corrected chi connectivity index (χ0v) is 16.4. The molecule has 3 rings (SSSR count). The van der Waals surface area contributed by atoms with Crippen LogP contribution in [0.3, 0.4) is 0 Å². The van der Waals surface area contributed by atoms with Gasteiger partial charge in [-0.1, -0.05) is 81.3 Å². The fourth-order valence-electron chi connectivity index (χ4n) is 5.63. The van der Waals surface area contributed by atoms with Crippen LogP contribution in [0.1, 0.15) is 70.9 Å². The standard InChI is InChI=1S/C25H32/c1-6-13-19-17-16-18-14-11-12-15-24(18)25(19)22(9-4)20(7-2)21(8-3)23(25)10-5/h6,11-12,14-17,19H,1,7-10,13H2,2-5H3. The molecule has 1 aromatic rings. The molecule has 1 aromatic carbocycles. The van der Waals surface area contributed by atoms with Crippen LogP contribution in [0, 0.1) is 5.92 Å². The molecule has 0 heteroatoms. The lowest BCUT2D eigenvalue weighted by atomic mass is 9.57. The molecule has 132 valence electrons. The fourth-order valence-corrected chi connectivity index (χ4v) is 5.63. The molecule has 1 atom stereocenters. The first kappa shape index (κ1) is 18.0. The summed E-state index contributed by atoms with van der Waals surface area (Å²) in [6.07, 6.45) is 12.5.